The molecule has 32 heavy (non-hydrogen) atoms. The first kappa shape index (κ1) is 25.0. The second-order valence-electron chi connectivity index (χ2n) is 8.85. The van der Waals surface area contributed by atoms with E-state index in [1.165, 1.54) is 12.4 Å². The van der Waals surface area contributed by atoms with Crippen molar-refractivity contribution in [3.05, 3.63) is 57.5 Å². The van der Waals surface area contributed by atoms with Gasteiger partial charge in [0.2, 0.25) is 5.43 Å². The Hall–Kier alpha value is -3.29. The summed E-state index contributed by atoms with van der Waals surface area (Å²) in [5.74, 6) is 0.209. The molecule has 8 nitrogen and oxygen atoms in total. The van der Waals surface area contributed by atoms with Crippen LogP contribution in [0.3, 0.4) is 0 Å². The molecule has 174 valence electrons. The number of hydrogen-bond acceptors (Lipinski definition) is 5. The van der Waals surface area contributed by atoms with Gasteiger partial charge in [-0.3, -0.25) is 14.4 Å². The summed E-state index contributed by atoms with van der Waals surface area (Å²) in [7, 11) is 3.13. The van der Waals surface area contributed by atoms with Crippen LogP contribution >= 0.6 is 0 Å². The largest absolute Gasteiger partial charge is 0.493 e. The standard InChI is InChI=1S/C24H33N3O5/c1-15(2)27-13-17(21(28)18(14-27)23(30)26-24(3,4)5)22(29)25-11-10-16-8-9-19(31-6)20(12-16)32-7/h8-9,12-15H,10-11H2,1-7H3,(H,25,29)(H,26,30). The Balaban J connectivity index is 2.22. The molecule has 2 rings (SSSR count). The molecular formula is C24H33N3O5. The van der Waals surface area contributed by atoms with Crippen LogP contribution in [0.2, 0.25) is 0 Å². The quantitative estimate of drug-likeness (QED) is 0.654. The zero-order valence-corrected chi connectivity index (χ0v) is 19.9. The van der Waals surface area contributed by atoms with Gasteiger partial charge in [0.1, 0.15) is 11.1 Å². The molecule has 1 heterocycles. The number of methoxy groups -OCH3 is 2. The van der Waals surface area contributed by atoms with Crippen LogP contribution in [0.25, 0.3) is 0 Å². The molecule has 0 unspecified atom stereocenters. The number of aromatic nitrogens is 1. The van der Waals surface area contributed by atoms with Gasteiger partial charge in [0.15, 0.2) is 11.5 Å². The Bertz CT molecular complexity index is 1030. The van der Waals surface area contributed by atoms with Crippen molar-refractivity contribution >= 4 is 11.8 Å². The number of amides is 2. The fraction of sp³-hybridized carbons (Fsp3) is 0.458. The maximum absolute atomic E-state index is 12.9. The molecule has 0 saturated carbocycles. The van der Waals surface area contributed by atoms with E-state index < -0.39 is 22.8 Å². The number of carbonyl (C=O) groups is 2. The molecule has 1 aromatic heterocycles. The number of rotatable bonds is 8. The van der Waals surface area contributed by atoms with Crippen LogP contribution in [0.1, 0.15) is 66.9 Å². The molecular weight excluding hydrogens is 410 g/mol. The summed E-state index contributed by atoms with van der Waals surface area (Å²) in [5, 5.41) is 5.57. The maximum atomic E-state index is 12.9. The molecule has 0 bridgehead atoms. The van der Waals surface area contributed by atoms with E-state index in [9.17, 15) is 14.4 Å². The number of nitrogens with zero attached hydrogens (tertiary/aromatic N) is 1. The SMILES string of the molecule is COc1ccc(CCNC(=O)c2cn(C(C)C)cc(C(=O)NC(C)(C)C)c2=O)cc1OC. The number of hydrogen-bond donors (Lipinski definition) is 2. The average molecular weight is 444 g/mol. The first-order valence-corrected chi connectivity index (χ1v) is 10.5. The lowest BCUT2D eigenvalue weighted by molar-refractivity contribution is 0.0917. The highest BCUT2D eigenvalue weighted by Crippen LogP contribution is 2.27. The van der Waals surface area contributed by atoms with Crippen molar-refractivity contribution in [2.75, 3.05) is 20.8 Å². The molecule has 0 aliphatic carbocycles. The van der Waals surface area contributed by atoms with Crippen molar-refractivity contribution in [2.24, 2.45) is 0 Å². The predicted molar refractivity (Wildman–Crippen MR) is 124 cm³/mol. The second kappa shape index (κ2) is 10.3. The lowest BCUT2D eigenvalue weighted by Crippen LogP contribution is -2.43. The minimum atomic E-state index is -0.590. The Morgan fingerprint density at radius 2 is 1.59 bits per heavy atom. The fourth-order valence-electron chi connectivity index (χ4n) is 3.08. The molecule has 2 N–H and O–H groups in total. The van der Waals surface area contributed by atoms with Gasteiger partial charge >= 0.3 is 0 Å². The highest BCUT2D eigenvalue weighted by atomic mass is 16.5. The third-order valence-corrected chi connectivity index (χ3v) is 4.77. The highest BCUT2D eigenvalue weighted by Gasteiger charge is 2.22. The van der Waals surface area contributed by atoms with Crippen LogP contribution < -0.4 is 25.5 Å². The van der Waals surface area contributed by atoms with Crippen molar-refractivity contribution < 1.29 is 19.1 Å². The third kappa shape index (κ3) is 6.35. The summed E-state index contributed by atoms with van der Waals surface area (Å²) in [6, 6.07) is 5.49. The van der Waals surface area contributed by atoms with Crippen LogP contribution in [0.15, 0.2) is 35.4 Å². The van der Waals surface area contributed by atoms with Gasteiger partial charge in [-0.15, -0.1) is 0 Å². The molecule has 0 aliphatic heterocycles. The molecule has 2 amide bonds. The monoisotopic (exact) mass is 443 g/mol. The zero-order valence-electron chi connectivity index (χ0n) is 19.9. The van der Waals surface area contributed by atoms with Crippen molar-refractivity contribution in [1.82, 2.24) is 15.2 Å². The Morgan fingerprint density at radius 1 is 1.00 bits per heavy atom. The smallest absolute Gasteiger partial charge is 0.257 e. The lowest BCUT2D eigenvalue weighted by Gasteiger charge is -2.21. The van der Waals surface area contributed by atoms with E-state index >= 15 is 0 Å². The van der Waals surface area contributed by atoms with E-state index in [0.29, 0.717) is 24.5 Å². The van der Waals surface area contributed by atoms with Crippen LogP contribution in [0.4, 0.5) is 0 Å². The summed E-state index contributed by atoms with van der Waals surface area (Å²) in [6.07, 6.45) is 3.52. The molecule has 1 aromatic carbocycles. The van der Waals surface area contributed by atoms with E-state index in [2.05, 4.69) is 10.6 Å². The molecule has 0 atom stereocenters. The topological polar surface area (TPSA) is 98.7 Å². The normalized spacial score (nSPS) is 11.2. The minimum absolute atomic E-state index is 0.0323. The number of ether oxygens (including phenoxy) is 2. The second-order valence-corrected chi connectivity index (χ2v) is 8.85. The Labute approximate surface area is 188 Å². The molecule has 8 heteroatoms. The van der Waals surface area contributed by atoms with Gasteiger partial charge in [0.25, 0.3) is 11.8 Å². The summed E-state index contributed by atoms with van der Waals surface area (Å²) in [6.45, 7) is 9.63. The first-order valence-electron chi connectivity index (χ1n) is 10.5. The van der Waals surface area contributed by atoms with Gasteiger partial charge in [0.05, 0.1) is 14.2 Å². The van der Waals surface area contributed by atoms with E-state index in [-0.39, 0.29) is 17.2 Å². The van der Waals surface area contributed by atoms with Gasteiger partial charge in [0, 0.05) is 30.5 Å². The van der Waals surface area contributed by atoms with Gasteiger partial charge in [-0.25, -0.2) is 0 Å². The number of pyridine rings is 1. The van der Waals surface area contributed by atoms with Gasteiger partial charge in [-0.2, -0.15) is 0 Å². The number of carbonyl (C=O) groups excluding carboxylic acids is 2. The van der Waals surface area contributed by atoms with E-state index in [4.69, 9.17) is 9.47 Å². The van der Waals surface area contributed by atoms with Crippen molar-refractivity contribution in [3.8, 4) is 11.5 Å². The van der Waals surface area contributed by atoms with E-state index in [1.807, 2.05) is 46.8 Å². The zero-order chi connectivity index (χ0) is 24.1. The van der Waals surface area contributed by atoms with E-state index in [1.54, 1.807) is 24.9 Å². The number of nitrogens with one attached hydrogen (secondary N) is 2. The van der Waals surface area contributed by atoms with E-state index in [0.717, 1.165) is 5.56 Å². The molecule has 0 fully saturated rings. The average Bonchev–Trinajstić information content (AvgIpc) is 2.72. The predicted octanol–water partition coefficient (Wildman–Crippen LogP) is 2.95. The molecule has 2 aromatic rings. The molecule has 0 radical (unpaired) electrons. The molecule has 0 aliphatic rings. The van der Waals surface area contributed by atoms with Crippen molar-refractivity contribution in [2.45, 2.75) is 52.6 Å². The molecule has 0 spiro atoms. The van der Waals surface area contributed by atoms with Gasteiger partial charge in [-0.05, 0) is 58.7 Å². The lowest BCUT2D eigenvalue weighted by atomic mass is 10.1. The summed E-state index contributed by atoms with van der Waals surface area (Å²) in [5.41, 5.74) is -0.272. The highest BCUT2D eigenvalue weighted by molar-refractivity contribution is 5.99. The summed E-state index contributed by atoms with van der Waals surface area (Å²) in [4.78, 5) is 38.4. The van der Waals surface area contributed by atoms with Crippen molar-refractivity contribution in [1.29, 1.82) is 0 Å². The summed E-state index contributed by atoms with van der Waals surface area (Å²) < 4.78 is 12.2. The van der Waals surface area contributed by atoms with Crippen molar-refractivity contribution in [3.63, 3.8) is 0 Å². The van der Waals surface area contributed by atoms with Crippen LogP contribution in [0, 0.1) is 0 Å². The number of benzene rings is 1. The van der Waals surface area contributed by atoms with Gasteiger partial charge < -0.3 is 24.7 Å². The third-order valence-electron chi connectivity index (χ3n) is 4.77. The summed E-state index contributed by atoms with van der Waals surface area (Å²) >= 11 is 0. The van der Waals surface area contributed by atoms with Gasteiger partial charge in [-0.1, -0.05) is 6.07 Å². The maximum Gasteiger partial charge on any atom is 0.257 e. The Morgan fingerprint density at radius 3 is 2.12 bits per heavy atom. The Kier molecular flexibility index (Phi) is 8.08. The molecule has 0 saturated heterocycles. The van der Waals surface area contributed by atoms with Crippen LogP contribution in [-0.2, 0) is 6.42 Å². The first-order chi connectivity index (χ1) is 15.0. The fourth-order valence-corrected chi connectivity index (χ4v) is 3.08. The van der Waals surface area contributed by atoms with Crippen LogP contribution in [0.5, 0.6) is 11.5 Å². The van der Waals surface area contributed by atoms with Crippen LogP contribution in [-0.4, -0.2) is 42.7 Å². The minimum Gasteiger partial charge on any atom is -0.493 e.